The van der Waals surface area contributed by atoms with Crippen molar-refractivity contribution in [3.63, 3.8) is 0 Å². The molecular formula is C8H10O4. The number of hydrogen-bond acceptors (Lipinski definition) is 3. The zero-order valence-electron chi connectivity index (χ0n) is 6.69. The molecule has 0 amide bonds. The molecule has 4 nitrogen and oxygen atoms in total. The number of hydrogen-bond donors (Lipinski definition) is 1. The molecule has 0 aliphatic heterocycles. The Balaban J connectivity index is 3.67. The van der Waals surface area contributed by atoms with Gasteiger partial charge in [0.05, 0.1) is 0 Å². The molecule has 0 heterocycles. The fourth-order valence-corrected chi connectivity index (χ4v) is 0.414. The molecule has 12 heavy (non-hydrogen) atoms. The number of carbonyl (C=O) groups excluding carboxylic acids is 1. The van der Waals surface area contributed by atoms with Crippen LogP contribution in [0, 0.1) is 0 Å². The van der Waals surface area contributed by atoms with E-state index in [1.807, 2.05) is 0 Å². The van der Waals surface area contributed by atoms with Crippen molar-refractivity contribution in [1.29, 1.82) is 0 Å². The second kappa shape index (κ2) is 6.15. The van der Waals surface area contributed by atoms with E-state index in [1.54, 1.807) is 19.1 Å². The molecule has 0 bridgehead atoms. The molecule has 0 unspecified atom stereocenters. The SMILES string of the molecule is C/C=C/COC(=O)/C=C/C(=O)O. The van der Waals surface area contributed by atoms with Crippen LogP contribution in [0.2, 0.25) is 0 Å². The fraction of sp³-hybridized carbons (Fsp3) is 0.250. The Labute approximate surface area is 70.1 Å². The maximum atomic E-state index is 10.6. The Bertz CT molecular complexity index is 215. The first-order chi connectivity index (χ1) is 5.66. The highest BCUT2D eigenvalue weighted by atomic mass is 16.5. The predicted octanol–water partition coefficient (Wildman–Crippen LogP) is 0.746. The molecule has 0 aliphatic rings. The molecule has 1 N–H and O–H groups in total. The summed E-state index contributed by atoms with van der Waals surface area (Å²) >= 11 is 0. The summed E-state index contributed by atoms with van der Waals surface area (Å²) in [4.78, 5) is 20.5. The lowest BCUT2D eigenvalue weighted by atomic mass is 10.5. The fourth-order valence-electron chi connectivity index (χ4n) is 0.414. The number of rotatable bonds is 4. The topological polar surface area (TPSA) is 63.6 Å². The third-order valence-corrected chi connectivity index (χ3v) is 0.920. The van der Waals surface area contributed by atoms with Crippen molar-refractivity contribution in [3.05, 3.63) is 24.3 Å². The number of carboxylic acids is 1. The van der Waals surface area contributed by atoms with Gasteiger partial charge in [-0.05, 0) is 6.92 Å². The molecule has 66 valence electrons. The molecule has 0 atom stereocenters. The van der Waals surface area contributed by atoms with Crippen molar-refractivity contribution in [1.82, 2.24) is 0 Å². The van der Waals surface area contributed by atoms with E-state index in [-0.39, 0.29) is 6.61 Å². The summed E-state index contributed by atoms with van der Waals surface area (Å²) in [7, 11) is 0. The highest BCUT2D eigenvalue weighted by Crippen LogP contribution is 1.83. The van der Waals surface area contributed by atoms with Gasteiger partial charge in [0, 0.05) is 12.2 Å². The number of aliphatic carboxylic acids is 1. The minimum absolute atomic E-state index is 0.166. The summed E-state index contributed by atoms with van der Waals surface area (Å²) in [5, 5.41) is 8.13. The van der Waals surface area contributed by atoms with Gasteiger partial charge in [-0.2, -0.15) is 0 Å². The summed E-state index contributed by atoms with van der Waals surface area (Å²) in [6.07, 6.45) is 4.98. The molecule has 0 fully saturated rings. The van der Waals surface area contributed by atoms with Gasteiger partial charge in [0.25, 0.3) is 0 Å². The lowest BCUT2D eigenvalue weighted by Crippen LogP contribution is -2.01. The Morgan fingerprint density at radius 2 is 2.08 bits per heavy atom. The van der Waals surface area contributed by atoms with Crippen LogP contribution in [0.25, 0.3) is 0 Å². The summed E-state index contributed by atoms with van der Waals surface area (Å²) in [6, 6.07) is 0. The number of ether oxygens (including phenoxy) is 1. The first-order valence-electron chi connectivity index (χ1n) is 3.35. The van der Waals surface area contributed by atoms with Crippen LogP contribution in [-0.4, -0.2) is 23.7 Å². The molecule has 0 saturated heterocycles. The van der Waals surface area contributed by atoms with Gasteiger partial charge >= 0.3 is 11.9 Å². The zero-order valence-corrected chi connectivity index (χ0v) is 6.69. The van der Waals surface area contributed by atoms with Crippen LogP contribution in [-0.2, 0) is 14.3 Å². The molecular weight excluding hydrogens is 160 g/mol. The summed E-state index contributed by atoms with van der Waals surface area (Å²) in [5.41, 5.74) is 0. The quantitative estimate of drug-likeness (QED) is 0.384. The number of carboxylic acid groups (broad SMARTS) is 1. The highest BCUT2D eigenvalue weighted by molar-refractivity contribution is 5.90. The molecule has 0 saturated carbocycles. The van der Waals surface area contributed by atoms with Crippen molar-refractivity contribution in [3.8, 4) is 0 Å². The molecule has 0 aliphatic carbocycles. The summed E-state index contributed by atoms with van der Waals surface area (Å²) < 4.78 is 4.56. The maximum Gasteiger partial charge on any atom is 0.331 e. The third kappa shape index (κ3) is 6.54. The largest absolute Gasteiger partial charge is 0.478 e. The van der Waals surface area contributed by atoms with Gasteiger partial charge in [-0.25, -0.2) is 9.59 Å². The van der Waals surface area contributed by atoms with Crippen LogP contribution >= 0.6 is 0 Å². The van der Waals surface area contributed by atoms with E-state index < -0.39 is 11.9 Å². The van der Waals surface area contributed by atoms with Crippen LogP contribution in [0.5, 0.6) is 0 Å². The smallest absolute Gasteiger partial charge is 0.331 e. The Hall–Kier alpha value is -1.58. The average molecular weight is 170 g/mol. The van der Waals surface area contributed by atoms with E-state index in [2.05, 4.69) is 4.74 Å². The molecule has 0 spiro atoms. The van der Waals surface area contributed by atoms with Crippen molar-refractivity contribution in [2.75, 3.05) is 6.61 Å². The molecule has 0 aromatic heterocycles. The van der Waals surface area contributed by atoms with E-state index in [0.717, 1.165) is 12.2 Å². The second-order valence-electron chi connectivity index (χ2n) is 1.87. The van der Waals surface area contributed by atoms with Crippen LogP contribution in [0.4, 0.5) is 0 Å². The van der Waals surface area contributed by atoms with Gasteiger partial charge in [0.2, 0.25) is 0 Å². The Morgan fingerprint density at radius 1 is 1.42 bits per heavy atom. The number of esters is 1. The van der Waals surface area contributed by atoms with Crippen LogP contribution in [0.1, 0.15) is 6.92 Å². The number of carbonyl (C=O) groups is 2. The van der Waals surface area contributed by atoms with Crippen molar-refractivity contribution < 1.29 is 19.4 Å². The Kier molecular flexibility index (Phi) is 5.34. The molecule has 4 heteroatoms. The van der Waals surface area contributed by atoms with Crippen molar-refractivity contribution >= 4 is 11.9 Å². The standard InChI is InChI=1S/C8H10O4/c1-2-3-6-12-8(11)5-4-7(9)10/h2-5H,6H2,1H3,(H,9,10)/b3-2+,5-4+. The van der Waals surface area contributed by atoms with Gasteiger partial charge in [0.15, 0.2) is 0 Å². The van der Waals surface area contributed by atoms with Crippen molar-refractivity contribution in [2.24, 2.45) is 0 Å². The predicted molar refractivity (Wildman–Crippen MR) is 42.5 cm³/mol. The summed E-state index contributed by atoms with van der Waals surface area (Å²) in [6.45, 7) is 1.96. The van der Waals surface area contributed by atoms with E-state index >= 15 is 0 Å². The zero-order chi connectivity index (χ0) is 9.40. The lowest BCUT2D eigenvalue weighted by Gasteiger charge is -1.94. The van der Waals surface area contributed by atoms with Gasteiger partial charge in [-0.15, -0.1) is 0 Å². The lowest BCUT2D eigenvalue weighted by molar-refractivity contribution is -0.137. The van der Waals surface area contributed by atoms with Gasteiger partial charge in [-0.3, -0.25) is 0 Å². The first kappa shape index (κ1) is 10.4. The molecule has 0 aromatic carbocycles. The number of allylic oxidation sites excluding steroid dienone is 1. The monoisotopic (exact) mass is 170 g/mol. The minimum Gasteiger partial charge on any atom is -0.478 e. The van der Waals surface area contributed by atoms with E-state index in [0.29, 0.717) is 0 Å². The maximum absolute atomic E-state index is 10.6. The van der Waals surface area contributed by atoms with Crippen LogP contribution in [0.15, 0.2) is 24.3 Å². The van der Waals surface area contributed by atoms with Gasteiger partial charge < -0.3 is 9.84 Å². The third-order valence-electron chi connectivity index (χ3n) is 0.920. The van der Waals surface area contributed by atoms with Crippen LogP contribution in [0.3, 0.4) is 0 Å². The Morgan fingerprint density at radius 3 is 2.58 bits per heavy atom. The normalized spacial score (nSPS) is 10.8. The minimum atomic E-state index is -1.17. The van der Waals surface area contributed by atoms with E-state index in [1.165, 1.54) is 0 Å². The molecule has 0 aromatic rings. The van der Waals surface area contributed by atoms with Crippen LogP contribution < -0.4 is 0 Å². The second-order valence-corrected chi connectivity index (χ2v) is 1.87. The van der Waals surface area contributed by atoms with E-state index in [9.17, 15) is 9.59 Å². The van der Waals surface area contributed by atoms with Crippen molar-refractivity contribution in [2.45, 2.75) is 6.92 Å². The van der Waals surface area contributed by atoms with E-state index in [4.69, 9.17) is 5.11 Å². The van der Waals surface area contributed by atoms with Gasteiger partial charge in [-0.1, -0.05) is 12.2 Å². The summed E-state index contributed by atoms with van der Waals surface area (Å²) in [5.74, 6) is -1.83. The van der Waals surface area contributed by atoms with Gasteiger partial charge in [0.1, 0.15) is 6.61 Å². The molecule has 0 rings (SSSR count). The highest BCUT2D eigenvalue weighted by Gasteiger charge is 1.94. The molecule has 0 radical (unpaired) electrons. The first-order valence-corrected chi connectivity index (χ1v) is 3.35. The average Bonchev–Trinajstić information content (AvgIpc) is 2.01.